The van der Waals surface area contributed by atoms with Gasteiger partial charge in [-0.2, -0.15) is 0 Å². The molecule has 1 atom stereocenters. The van der Waals surface area contributed by atoms with Gasteiger partial charge in [-0.1, -0.05) is 17.7 Å². The number of benzene rings is 1. The highest BCUT2D eigenvalue weighted by atomic mass is 35.5. The fourth-order valence-corrected chi connectivity index (χ4v) is 2.95. The van der Waals surface area contributed by atoms with Crippen LogP contribution < -0.4 is 11.3 Å². The Hall–Kier alpha value is -2.18. The molecule has 7 heteroatoms. The van der Waals surface area contributed by atoms with E-state index in [1.54, 1.807) is 24.4 Å². The van der Waals surface area contributed by atoms with Crippen molar-refractivity contribution in [3.8, 4) is 5.82 Å². The molecule has 3 N–H and O–H groups in total. The van der Waals surface area contributed by atoms with Crippen LogP contribution in [0.4, 0.5) is 0 Å². The first kappa shape index (κ1) is 13.5. The highest BCUT2D eigenvalue weighted by molar-refractivity contribution is 6.35. The van der Waals surface area contributed by atoms with Crippen molar-refractivity contribution >= 4 is 22.5 Å². The Morgan fingerprint density at radius 1 is 1.41 bits per heavy atom. The molecule has 1 aromatic carbocycles. The average Bonchev–Trinajstić information content (AvgIpc) is 3.22. The van der Waals surface area contributed by atoms with Crippen molar-refractivity contribution in [2.75, 3.05) is 0 Å². The van der Waals surface area contributed by atoms with E-state index in [0.29, 0.717) is 33.5 Å². The maximum absolute atomic E-state index is 13.0. The lowest BCUT2D eigenvalue weighted by Crippen LogP contribution is -2.29. The van der Waals surface area contributed by atoms with Gasteiger partial charge in [0.25, 0.3) is 5.56 Å². The molecule has 3 aromatic rings. The number of fused-ring (bicyclic) bond motifs is 1. The van der Waals surface area contributed by atoms with Crippen LogP contribution in [0.2, 0.25) is 5.02 Å². The Kier molecular flexibility index (Phi) is 3.02. The highest BCUT2D eigenvalue weighted by Crippen LogP contribution is 2.39. The third-order valence-corrected chi connectivity index (χ3v) is 4.34. The van der Waals surface area contributed by atoms with Gasteiger partial charge in [0.2, 0.25) is 0 Å². The van der Waals surface area contributed by atoms with Gasteiger partial charge in [-0.05, 0) is 30.9 Å². The number of nitrogens with zero attached hydrogens (tertiary/aromatic N) is 3. The summed E-state index contributed by atoms with van der Waals surface area (Å²) in [5, 5.41) is 0.778. The average molecular weight is 316 g/mol. The molecule has 112 valence electrons. The number of rotatable bonds is 3. The Labute approximate surface area is 131 Å². The second-order valence-corrected chi connectivity index (χ2v) is 5.95. The zero-order chi connectivity index (χ0) is 15.3. The van der Waals surface area contributed by atoms with Crippen molar-refractivity contribution in [1.82, 2.24) is 19.5 Å². The van der Waals surface area contributed by atoms with Gasteiger partial charge in [0, 0.05) is 0 Å². The van der Waals surface area contributed by atoms with Crippen molar-refractivity contribution in [1.29, 1.82) is 0 Å². The lowest BCUT2D eigenvalue weighted by Gasteiger charge is -2.17. The molecule has 0 radical (unpaired) electrons. The van der Waals surface area contributed by atoms with Crippen molar-refractivity contribution in [2.45, 2.75) is 18.9 Å². The van der Waals surface area contributed by atoms with E-state index >= 15 is 0 Å². The summed E-state index contributed by atoms with van der Waals surface area (Å²) in [6.07, 6.45) is 5.22. The van der Waals surface area contributed by atoms with E-state index < -0.39 is 0 Å². The van der Waals surface area contributed by atoms with Crippen LogP contribution in [0.1, 0.15) is 24.7 Å². The van der Waals surface area contributed by atoms with E-state index in [4.69, 9.17) is 17.3 Å². The molecule has 0 bridgehead atoms. The van der Waals surface area contributed by atoms with Crippen molar-refractivity contribution in [3.05, 3.63) is 51.9 Å². The number of hydrogen-bond donors (Lipinski definition) is 2. The van der Waals surface area contributed by atoms with Crippen molar-refractivity contribution < 1.29 is 0 Å². The first-order chi connectivity index (χ1) is 10.7. The maximum atomic E-state index is 13.0. The summed E-state index contributed by atoms with van der Waals surface area (Å²) in [5.74, 6) is 1.47. The molecule has 4 rings (SSSR count). The molecular formula is C15H14ClN5O. The molecule has 0 amide bonds. The molecule has 2 heterocycles. The molecule has 1 fully saturated rings. The summed E-state index contributed by atoms with van der Waals surface area (Å²) in [5.41, 5.74) is 6.65. The van der Waals surface area contributed by atoms with E-state index in [-0.39, 0.29) is 11.6 Å². The summed E-state index contributed by atoms with van der Waals surface area (Å²) in [7, 11) is 0. The van der Waals surface area contributed by atoms with Crippen LogP contribution in [0.25, 0.3) is 16.7 Å². The predicted octanol–water partition coefficient (Wildman–Crippen LogP) is 2.17. The number of imidazole rings is 1. The quantitative estimate of drug-likeness (QED) is 0.775. The zero-order valence-electron chi connectivity index (χ0n) is 11.7. The molecule has 6 nitrogen and oxygen atoms in total. The van der Waals surface area contributed by atoms with Crippen LogP contribution in [0.3, 0.4) is 0 Å². The summed E-state index contributed by atoms with van der Waals surface area (Å²) in [6.45, 7) is 0. The van der Waals surface area contributed by atoms with Gasteiger partial charge < -0.3 is 10.7 Å². The van der Waals surface area contributed by atoms with E-state index in [9.17, 15) is 4.79 Å². The van der Waals surface area contributed by atoms with Crippen LogP contribution in [0.5, 0.6) is 0 Å². The standard InChI is InChI=1S/C15H14ClN5O/c16-9-2-1-3-10-12(9)15(22)21(11-6-18-7-19-11)14(20-10)13(17)8-4-5-8/h1-3,6-8,13H,4-5,17H2,(H,18,19)/t13-/m0/s1. The second kappa shape index (κ2) is 4.93. The lowest BCUT2D eigenvalue weighted by atomic mass is 10.1. The third kappa shape index (κ3) is 2.03. The van der Waals surface area contributed by atoms with E-state index in [1.807, 2.05) is 0 Å². The maximum Gasteiger partial charge on any atom is 0.268 e. The Morgan fingerprint density at radius 3 is 2.91 bits per heavy atom. The van der Waals surface area contributed by atoms with Gasteiger partial charge in [0.15, 0.2) is 0 Å². The fraction of sp³-hybridized carbons (Fsp3) is 0.267. The Bertz CT molecular complexity index is 898. The lowest BCUT2D eigenvalue weighted by molar-refractivity contribution is 0.572. The van der Waals surface area contributed by atoms with Crippen LogP contribution in [-0.2, 0) is 0 Å². The molecule has 1 aliphatic carbocycles. The van der Waals surface area contributed by atoms with E-state index in [2.05, 4.69) is 15.0 Å². The summed E-state index contributed by atoms with van der Waals surface area (Å²) in [4.78, 5) is 24.5. The minimum atomic E-state index is -0.278. The number of nitrogens with one attached hydrogen (secondary N) is 1. The van der Waals surface area contributed by atoms with E-state index in [0.717, 1.165) is 12.8 Å². The zero-order valence-corrected chi connectivity index (χ0v) is 12.4. The van der Waals surface area contributed by atoms with Crippen LogP contribution in [0, 0.1) is 5.92 Å². The number of nitrogens with two attached hydrogens (primary N) is 1. The third-order valence-electron chi connectivity index (χ3n) is 4.03. The highest BCUT2D eigenvalue weighted by Gasteiger charge is 2.33. The number of H-pyrrole nitrogens is 1. The fourth-order valence-electron chi connectivity index (χ4n) is 2.70. The van der Waals surface area contributed by atoms with Crippen LogP contribution in [-0.4, -0.2) is 19.5 Å². The van der Waals surface area contributed by atoms with Crippen LogP contribution >= 0.6 is 11.6 Å². The van der Waals surface area contributed by atoms with Gasteiger partial charge >= 0.3 is 0 Å². The number of halogens is 1. The first-order valence-electron chi connectivity index (χ1n) is 7.12. The van der Waals surface area contributed by atoms with Gasteiger partial charge in [-0.25, -0.2) is 14.5 Å². The van der Waals surface area contributed by atoms with Gasteiger partial charge in [-0.15, -0.1) is 0 Å². The topological polar surface area (TPSA) is 89.6 Å². The molecule has 0 saturated heterocycles. The monoisotopic (exact) mass is 315 g/mol. The predicted molar refractivity (Wildman–Crippen MR) is 84.1 cm³/mol. The first-order valence-corrected chi connectivity index (χ1v) is 7.50. The Balaban J connectivity index is 2.08. The van der Waals surface area contributed by atoms with Gasteiger partial charge in [0.1, 0.15) is 11.6 Å². The molecule has 1 saturated carbocycles. The minimum Gasteiger partial charge on any atom is -0.331 e. The summed E-state index contributed by atoms with van der Waals surface area (Å²) < 4.78 is 1.49. The number of hydrogen-bond acceptors (Lipinski definition) is 4. The van der Waals surface area contributed by atoms with Crippen molar-refractivity contribution in [2.24, 2.45) is 11.7 Å². The number of aromatic nitrogens is 4. The molecule has 1 aliphatic rings. The second-order valence-electron chi connectivity index (χ2n) is 5.54. The van der Waals surface area contributed by atoms with Gasteiger partial charge in [0.05, 0.1) is 34.5 Å². The van der Waals surface area contributed by atoms with Crippen LogP contribution in [0.15, 0.2) is 35.5 Å². The smallest absolute Gasteiger partial charge is 0.268 e. The van der Waals surface area contributed by atoms with Gasteiger partial charge in [-0.3, -0.25) is 4.79 Å². The Morgan fingerprint density at radius 2 is 2.23 bits per heavy atom. The van der Waals surface area contributed by atoms with Crippen molar-refractivity contribution in [3.63, 3.8) is 0 Å². The SMILES string of the molecule is N[C@H](c1nc2cccc(Cl)c2c(=O)n1-c1cnc[nH]1)C1CC1. The largest absolute Gasteiger partial charge is 0.331 e. The summed E-state index contributed by atoms with van der Waals surface area (Å²) in [6, 6.07) is 4.97. The molecule has 0 unspecified atom stereocenters. The normalized spacial score (nSPS) is 16.1. The minimum absolute atomic E-state index is 0.231. The van der Waals surface area contributed by atoms with E-state index in [1.165, 1.54) is 10.9 Å². The molecule has 0 aliphatic heterocycles. The number of aromatic amines is 1. The molecule has 22 heavy (non-hydrogen) atoms. The summed E-state index contributed by atoms with van der Waals surface area (Å²) >= 11 is 6.19. The molecule has 2 aromatic heterocycles. The molecule has 0 spiro atoms. The molecular weight excluding hydrogens is 302 g/mol.